The van der Waals surface area contributed by atoms with E-state index in [0.717, 1.165) is 0 Å². The zero-order chi connectivity index (χ0) is 19.2. The fraction of sp³-hybridized carbons (Fsp3) is 0.143. The lowest BCUT2D eigenvalue weighted by Gasteiger charge is -2.13. The SMILES string of the molecule is O=S(=O)(c1ccc(O)c(C(F)(F)F)c1)c1ccc(O)c(C(F)(F)F)c1. The molecule has 0 spiro atoms. The van der Waals surface area contributed by atoms with Crippen LogP contribution in [0.5, 0.6) is 11.5 Å². The minimum Gasteiger partial charge on any atom is -0.507 e. The number of alkyl halides is 6. The third kappa shape index (κ3) is 3.65. The van der Waals surface area contributed by atoms with Crippen molar-refractivity contribution in [1.82, 2.24) is 0 Å². The summed E-state index contributed by atoms with van der Waals surface area (Å²) in [7, 11) is -4.76. The second kappa shape index (κ2) is 5.83. The molecule has 0 aliphatic rings. The van der Waals surface area contributed by atoms with Crippen LogP contribution in [0.3, 0.4) is 0 Å². The second-order valence-electron chi connectivity index (χ2n) is 4.86. The third-order valence-corrected chi connectivity index (χ3v) is 4.92. The van der Waals surface area contributed by atoms with Gasteiger partial charge >= 0.3 is 12.4 Å². The van der Waals surface area contributed by atoms with Crippen LogP contribution in [0.1, 0.15) is 11.1 Å². The number of phenolic OH excluding ortho intramolecular Hbond substituents is 2. The quantitative estimate of drug-likeness (QED) is 0.766. The predicted molar refractivity (Wildman–Crippen MR) is 71.7 cm³/mol. The van der Waals surface area contributed by atoms with E-state index in [1.165, 1.54) is 0 Å². The van der Waals surface area contributed by atoms with Crippen molar-refractivity contribution in [3.05, 3.63) is 47.5 Å². The molecule has 0 amide bonds. The minimum atomic E-state index is -5.07. The van der Waals surface area contributed by atoms with Crippen molar-refractivity contribution < 1.29 is 45.0 Å². The third-order valence-electron chi connectivity index (χ3n) is 3.17. The van der Waals surface area contributed by atoms with E-state index in [9.17, 15) is 45.0 Å². The summed E-state index contributed by atoms with van der Waals surface area (Å²) in [5.41, 5.74) is -3.30. The van der Waals surface area contributed by atoms with Crippen LogP contribution in [0.15, 0.2) is 46.2 Å². The van der Waals surface area contributed by atoms with Gasteiger partial charge in [-0.2, -0.15) is 26.3 Å². The van der Waals surface area contributed by atoms with Crippen LogP contribution in [0.25, 0.3) is 0 Å². The Hall–Kier alpha value is -2.43. The number of benzene rings is 2. The molecule has 0 heterocycles. The van der Waals surface area contributed by atoms with Crippen LogP contribution in [-0.2, 0) is 22.2 Å². The molecule has 0 saturated carbocycles. The highest BCUT2D eigenvalue weighted by Crippen LogP contribution is 2.40. The Bertz CT molecular complexity index is 846. The maximum Gasteiger partial charge on any atom is 0.419 e. The smallest absolute Gasteiger partial charge is 0.419 e. The molecule has 2 N–H and O–H groups in total. The van der Waals surface area contributed by atoms with Crippen LogP contribution in [0.4, 0.5) is 26.3 Å². The van der Waals surface area contributed by atoms with Gasteiger partial charge in [-0.05, 0) is 36.4 Å². The van der Waals surface area contributed by atoms with Crippen LogP contribution in [-0.4, -0.2) is 18.6 Å². The number of aromatic hydroxyl groups is 2. The van der Waals surface area contributed by atoms with Crippen molar-refractivity contribution in [2.75, 3.05) is 0 Å². The molecule has 0 atom stereocenters. The fourth-order valence-electron chi connectivity index (χ4n) is 1.95. The van der Waals surface area contributed by atoms with Crippen LogP contribution in [0.2, 0.25) is 0 Å². The largest absolute Gasteiger partial charge is 0.507 e. The first kappa shape index (κ1) is 18.9. The maximum atomic E-state index is 12.8. The lowest BCUT2D eigenvalue weighted by Crippen LogP contribution is -2.10. The van der Waals surface area contributed by atoms with Crippen molar-refractivity contribution in [2.45, 2.75) is 22.1 Å². The molecule has 0 saturated heterocycles. The Morgan fingerprint density at radius 3 is 1.28 bits per heavy atom. The van der Waals surface area contributed by atoms with E-state index in [0.29, 0.717) is 24.3 Å². The topological polar surface area (TPSA) is 74.6 Å². The van der Waals surface area contributed by atoms with E-state index >= 15 is 0 Å². The normalized spacial score (nSPS) is 13.0. The molecular formula is C14H8F6O4S. The van der Waals surface area contributed by atoms with Crippen LogP contribution < -0.4 is 0 Å². The molecule has 136 valence electrons. The molecule has 11 heteroatoms. The number of hydrogen-bond acceptors (Lipinski definition) is 4. The molecular weight excluding hydrogens is 378 g/mol. The lowest BCUT2D eigenvalue weighted by atomic mass is 10.2. The molecule has 4 nitrogen and oxygen atoms in total. The standard InChI is InChI=1S/C14H8F6O4S/c15-13(16,17)9-5-7(1-3-11(9)21)25(23,24)8-2-4-12(22)10(6-8)14(18,19)20/h1-6,21-22H. The van der Waals surface area contributed by atoms with Gasteiger partial charge in [0.2, 0.25) is 9.84 Å². The van der Waals surface area contributed by atoms with Gasteiger partial charge in [0.1, 0.15) is 11.5 Å². The molecule has 0 bridgehead atoms. The summed E-state index contributed by atoms with van der Waals surface area (Å²) < 4.78 is 101. The Kier molecular flexibility index (Phi) is 4.41. The summed E-state index contributed by atoms with van der Waals surface area (Å²) >= 11 is 0. The van der Waals surface area contributed by atoms with Crippen molar-refractivity contribution in [2.24, 2.45) is 0 Å². The second-order valence-corrected chi connectivity index (χ2v) is 6.81. The van der Waals surface area contributed by atoms with Gasteiger partial charge < -0.3 is 10.2 Å². The van der Waals surface area contributed by atoms with Gasteiger partial charge in [0.25, 0.3) is 0 Å². The molecule has 2 rings (SSSR count). The van der Waals surface area contributed by atoms with E-state index in [1.807, 2.05) is 0 Å². The van der Waals surface area contributed by atoms with Gasteiger partial charge in [0.15, 0.2) is 0 Å². The minimum absolute atomic E-state index is 0.116. The van der Waals surface area contributed by atoms with Crippen molar-refractivity contribution in [3.63, 3.8) is 0 Å². The van der Waals surface area contributed by atoms with Gasteiger partial charge in [0, 0.05) is 0 Å². The highest BCUT2D eigenvalue weighted by Gasteiger charge is 2.37. The van der Waals surface area contributed by atoms with E-state index < -0.39 is 54.6 Å². The molecule has 0 aromatic heterocycles. The maximum absolute atomic E-state index is 12.8. The summed E-state index contributed by atoms with van der Waals surface area (Å²) in [5.74, 6) is -2.46. The Morgan fingerprint density at radius 1 is 0.680 bits per heavy atom. The number of sulfone groups is 1. The van der Waals surface area contributed by atoms with E-state index in [4.69, 9.17) is 0 Å². The highest BCUT2D eigenvalue weighted by atomic mass is 32.2. The predicted octanol–water partition coefficient (Wildman–Crippen LogP) is 3.97. The van der Waals surface area contributed by atoms with Crippen molar-refractivity contribution in [3.8, 4) is 11.5 Å². The highest BCUT2D eigenvalue weighted by molar-refractivity contribution is 7.91. The molecule has 0 fully saturated rings. The molecule has 2 aromatic rings. The molecule has 25 heavy (non-hydrogen) atoms. The molecule has 0 radical (unpaired) electrons. The van der Waals surface area contributed by atoms with E-state index in [-0.39, 0.29) is 12.1 Å². The fourth-order valence-corrected chi connectivity index (χ4v) is 3.27. The summed E-state index contributed by atoms with van der Waals surface area (Å²) in [6, 6.07) is 2.43. The number of halogens is 6. The Morgan fingerprint density at radius 2 is 1.00 bits per heavy atom. The average molecular weight is 386 g/mol. The molecule has 2 aromatic carbocycles. The van der Waals surface area contributed by atoms with E-state index in [1.54, 1.807) is 0 Å². The van der Waals surface area contributed by atoms with Crippen LogP contribution in [0, 0.1) is 0 Å². The first-order valence-corrected chi connectivity index (χ1v) is 7.78. The monoisotopic (exact) mass is 386 g/mol. The lowest BCUT2D eigenvalue weighted by molar-refractivity contribution is -0.139. The first-order valence-electron chi connectivity index (χ1n) is 6.30. The van der Waals surface area contributed by atoms with Crippen molar-refractivity contribution >= 4 is 9.84 Å². The van der Waals surface area contributed by atoms with Gasteiger partial charge in [0.05, 0.1) is 20.9 Å². The van der Waals surface area contributed by atoms with E-state index in [2.05, 4.69) is 0 Å². The summed E-state index contributed by atoms with van der Waals surface area (Å²) in [6.45, 7) is 0. The van der Waals surface area contributed by atoms with Gasteiger partial charge in [-0.3, -0.25) is 0 Å². The summed E-state index contributed by atoms with van der Waals surface area (Å²) in [5, 5.41) is 18.4. The molecule has 0 aliphatic heterocycles. The zero-order valence-corrected chi connectivity index (χ0v) is 12.7. The average Bonchev–Trinajstić information content (AvgIpc) is 2.45. The summed E-state index contributed by atoms with van der Waals surface area (Å²) in [4.78, 5) is -1.92. The summed E-state index contributed by atoms with van der Waals surface area (Å²) in [6.07, 6.45) is -10.1. The number of rotatable bonds is 2. The van der Waals surface area contributed by atoms with Gasteiger partial charge in [-0.25, -0.2) is 8.42 Å². The van der Waals surface area contributed by atoms with Crippen molar-refractivity contribution in [1.29, 1.82) is 0 Å². The van der Waals surface area contributed by atoms with Gasteiger partial charge in [-0.1, -0.05) is 0 Å². The first-order chi connectivity index (χ1) is 11.2. The molecule has 0 unspecified atom stereocenters. The zero-order valence-electron chi connectivity index (χ0n) is 11.9. The molecule has 0 aliphatic carbocycles. The Balaban J connectivity index is 2.65. The number of phenols is 2. The Labute approximate surface area is 136 Å². The van der Waals surface area contributed by atoms with Gasteiger partial charge in [-0.15, -0.1) is 0 Å². The van der Waals surface area contributed by atoms with Crippen LogP contribution >= 0.6 is 0 Å². The number of hydrogen-bond donors (Lipinski definition) is 2.